The van der Waals surface area contributed by atoms with E-state index in [4.69, 9.17) is 5.11 Å². The Balaban J connectivity index is 1.93. The minimum Gasteiger partial charge on any atom is -0.481 e. The Bertz CT molecular complexity index is 594. The largest absolute Gasteiger partial charge is 0.481 e. The van der Waals surface area contributed by atoms with E-state index in [1.807, 2.05) is 6.92 Å². The topological polar surface area (TPSA) is 95.5 Å². The van der Waals surface area contributed by atoms with Crippen LogP contribution in [0.2, 0.25) is 0 Å². The summed E-state index contributed by atoms with van der Waals surface area (Å²) in [6.45, 7) is 1.89. The average molecular weight is 312 g/mol. The van der Waals surface area contributed by atoms with Gasteiger partial charge in [0.1, 0.15) is 0 Å². The Morgan fingerprint density at radius 2 is 1.95 bits per heavy atom. The van der Waals surface area contributed by atoms with Crippen molar-refractivity contribution in [2.45, 2.75) is 49.6 Å². The van der Waals surface area contributed by atoms with Gasteiger partial charge in [0.15, 0.2) is 0 Å². The van der Waals surface area contributed by atoms with E-state index in [1.165, 1.54) is 0 Å². The molecule has 1 atom stereocenters. The van der Waals surface area contributed by atoms with Crippen molar-refractivity contribution >= 4 is 21.7 Å². The lowest BCUT2D eigenvalue weighted by Crippen LogP contribution is -2.25. The van der Waals surface area contributed by atoms with Crippen LogP contribution in [0, 0.1) is 0 Å². The number of sulfonamides is 1. The summed E-state index contributed by atoms with van der Waals surface area (Å²) in [5, 5.41) is 11.8. The van der Waals surface area contributed by atoms with Crippen molar-refractivity contribution in [2.75, 3.05) is 5.32 Å². The highest BCUT2D eigenvalue weighted by molar-refractivity contribution is 7.89. The lowest BCUT2D eigenvalue weighted by molar-refractivity contribution is -0.137. The molecule has 0 heterocycles. The molecule has 1 fully saturated rings. The molecule has 1 unspecified atom stereocenters. The maximum Gasteiger partial charge on any atom is 0.303 e. The van der Waals surface area contributed by atoms with Gasteiger partial charge in [-0.05, 0) is 50.5 Å². The molecule has 6 nitrogen and oxygen atoms in total. The second kappa shape index (κ2) is 6.44. The second-order valence-corrected chi connectivity index (χ2v) is 7.11. The van der Waals surface area contributed by atoms with Crippen molar-refractivity contribution in [3.63, 3.8) is 0 Å². The molecule has 1 aliphatic rings. The Morgan fingerprint density at radius 3 is 2.48 bits per heavy atom. The van der Waals surface area contributed by atoms with Gasteiger partial charge in [-0.1, -0.05) is 0 Å². The van der Waals surface area contributed by atoms with Crippen molar-refractivity contribution in [2.24, 2.45) is 0 Å². The van der Waals surface area contributed by atoms with Crippen LogP contribution < -0.4 is 10.0 Å². The molecular weight excluding hydrogens is 292 g/mol. The van der Waals surface area contributed by atoms with Gasteiger partial charge in [0.2, 0.25) is 10.0 Å². The fourth-order valence-electron chi connectivity index (χ4n) is 1.92. The molecule has 3 N–H and O–H groups in total. The Labute approximate surface area is 124 Å². The van der Waals surface area contributed by atoms with E-state index in [2.05, 4.69) is 10.0 Å². The predicted molar refractivity (Wildman–Crippen MR) is 79.7 cm³/mol. The van der Waals surface area contributed by atoms with E-state index < -0.39 is 16.0 Å². The van der Waals surface area contributed by atoms with Gasteiger partial charge < -0.3 is 10.4 Å². The van der Waals surface area contributed by atoms with Gasteiger partial charge in [-0.2, -0.15) is 0 Å². The summed E-state index contributed by atoms with van der Waals surface area (Å²) in [7, 11) is -3.42. The molecule has 1 aliphatic carbocycles. The Kier molecular flexibility index (Phi) is 4.84. The van der Waals surface area contributed by atoms with Crippen molar-refractivity contribution in [3.8, 4) is 0 Å². The molecule has 0 aliphatic heterocycles. The average Bonchev–Trinajstić information content (AvgIpc) is 3.20. The van der Waals surface area contributed by atoms with Gasteiger partial charge in [0.05, 0.1) is 4.90 Å². The highest BCUT2D eigenvalue weighted by Crippen LogP contribution is 2.23. The first-order valence-corrected chi connectivity index (χ1v) is 8.46. The molecule has 1 saturated carbocycles. The maximum absolute atomic E-state index is 12.0. The number of aliphatic carboxylic acids is 1. The summed E-state index contributed by atoms with van der Waals surface area (Å²) in [5.41, 5.74) is 0.776. The zero-order valence-corrected chi connectivity index (χ0v) is 12.7. The summed E-state index contributed by atoms with van der Waals surface area (Å²) in [5.74, 6) is -0.823. The first-order valence-electron chi connectivity index (χ1n) is 6.97. The maximum atomic E-state index is 12.0. The van der Waals surface area contributed by atoms with Crippen LogP contribution in [0.15, 0.2) is 29.2 Å². The molecule has 0 spiro atoms. The monoisotopic (exact) mass is 312 g/mol. The number of hydrogen-bond acceptors (Lipinski definition) is 4. The molecule has 1 aromatic carbocycles. The fourth-order valence-corrected chi connectivity index (χ4v) is 3.22. The van der Waals surface area contributed by atoms with Crippen molar-refractivity contribution in [1.82, 2.24) is 4.72 Å². The van der Waals surface area contributed by atoms with E-state index in [0.717, 1.165) is 18.5 Å². The third-order valence-corrected chi connectivity index (χ3v) is 4.80. The van der Waals surface area contributed by atoms with Gasteiger partial charge in [-0.15, -0.1) is 0 Å². The van der Waals surface area contributed by atoms with Gasteiger partial charge in [-0.25, -0.2) is 13.1 Å². The molecule has 116 valence electrons. The van der Waals surface area contributed by atoms with Crippen LogP contribution in [0.1, 0.15) is 32.6 Å². The number of nitrogens with one attached hydrogen (secondary N) is 2. The molecule has 1 aromatic rings. The lowest BCUT2D eigenvalue weighted by Gasteiger charge is -2.14. The molecule has 0 aromatic heterocycles. The highest BCUT2D eigenvalue weighted by atomic mass is 32.2. The molecule has 7 heteroatoms. The number of rotatable bonds is 8. The Morgan fingerprint density at radius 1 is 1.33 bits per heavy atom. The number of carboxylic acid groups (broad SMARTS) is 1. The standard InChI is InChI=1S/C14H20N2O4S/c1-10(2-9-14(17)18)15-11-5-7-13(8-6-11)21(19,20)16-12-3-4-12/h5-8,10,12,15-16H,2-4,9H2,1H3,(H,17,18). The first kappa shape index (κ1) is 15.8. The van der Waals surface area contributed by atoms with Gasteiger partial charge in [0.25, 0.3) is 0 Å². The Hall–Kier alpha value is -1.60. The molecule has 2 rings (SSSR count). The van der Waals surface area contributed by atoms with Crippen LogP contribution in [0.25, 0.3) is 0 Å². The third kappa shape index (κ3) is 5.02. The van der Waals surface area contributed by atoms with Crippen molar-refractivity contribution in [1.29, 1.82) is 0 Å². The molecular formula is C14H20N2O4S. The SMILES string of the molecule is CC(CCC(=O)O)Nc1ccc(S(=O)(=O)NC2CC2)cc1. The lowest BCUT2D eigenvalue weighted by atomic mass is 10.1. The van der Waals surface area contributed by atoms with Crippen LogP contribution in [0.5, 0.6) is 0 Å². The summed E-state index contributed by atoms with van der Waals surface area (Å²) in [6, 6.07) is 6.59. The van der Waals surface area contributed by atoms with Crippen molar-refractivity contribution in [3.05, 3.63) is 24.3 Å². The normalized spacial score (nSPS) is 16.4. The van der Waals surface area contributed by atoms with Gasteiger partial charge in [0, 0.05) is 24.2 Å². The highest BCUT2D eigenvalue weighted by Gasteiger charge is 2.27. The van der Waals surface area contributed by atoms with Crippen LogP contribution in [-0.2, 0) is 14.8 Å². The smallest absolute Gasteiger partial charge is 0.303 e. The molecule has 0 bridgehead atoms. The number of carbonyl (C=O) groups is 1. The molecule has 0 amide bonds. The van der Waals surface area contributed by atoms with Crippen LogP contribution in [-0.4, -0.2) is 31.6 Å². The number of anilines is 1. The number of carboxylic acids is 1. The van der Waals surface area contributed by atoms with E-state index in [1.54, 1.807) is 24.3 Å². The number of hydrogen-bond donors (Lipinski definition) is 3. The fraction of sp³-hybridized carbons (Fsp3) is 0.500. The first-order chi connectivity index (χ1) is 9.87. The van der Waals surface area contributed by atoms with E-state index in [9.17, 15) is 13.2 Å². The summed E-state index contributed by atoms with van der Waals surface area (Å²) >= 11 is 0. The summed E-state index contributed by atoms with van der Waals surface area (Å²) in [6.07, 6.45) is 2.42. The minimum atomic E-state index is -3.42. The molecule has 21 heavy (non-hydrogen) atoms. The second-order valence-electron chi connectivity index (χ2n) is 5.40. The van der Waals surface area contributed by atoms with Crippen LogP contribution >= 0.6 is 0 Å². The predicted octanol–water partition coefficient (Wildman–Crippen LogP) is 1.79. The molecule has 0 radical (unpaired) electrons. The number of benzene rings is 1. The van der Waals surface area contributed by atoms with Crippen molar-refractivity contribution < 1.29 is 18.3 Å². The van der Waals surface area contributed by atoms with Gasteiger partial charge in [-0.3, -0.25) is 4.79 Å². The quantitative estimate of drug-likeness (QED) is 0.680. The molecule has 0 saturated heterocycles. The van der Waals surface area contributed by atoms with Crippen LogP contribution in [0.3, 0.4) is 0 Å². The third-order valence-electron chi connectivity index (χ3n) is 3.27. The summed E-state index contributed by atoms with van der Waals surface area (Å²) < 4.78 is 26.6. The van der Waals surface area contributed by atoms with E-state index in [0.29, 0.717) is 6.42 Å². The van der Waals surface area contributed by atoms with Crippen LogP contribution in [0.4, 0.5) is 5.69 Å². The van der Waals surface area contributed by atoms with E-state index in [-0.39, 0.29) is 23.4 Å². The summed E-state index contributed by atoms with van der Waals surface area (Å²) in [4.78, 5) is 10.8. The minimum absolute atomic E-state index is 0.00754. The van der Waals surface area contributed by atoms with Gasteiger partial charge >= 0.3 is 5.97 Å². The zero-order chi connectivity index (χ0) is 15.5. The van der Waals surface area contributed by atoms with E-state index >= 15 is 0 Å². The zero-order valence-electron chi connectivity index (χ0n) is 11.9.